The first-order valence-corrected chi connectivity index (χ1v) is 11.3. The molecule has 0 aromatic carbocycles. The number of aromatic nitrogens is 1. The zero-order valence-electron chi connectivity index (χ0n) is 17.8. The topological polar surface area (TPSA) is 91.6 Å². The second-order valence-electron chi connectivity index (χ2n) is 8.57. The highest BCUT2D eigenvalue weighted by Crippen LogP contribution is 2.34. The number of anilines is 1. The van der Waals surface area contributed by atoms with Crippen LogP contribution in [-0.4, -0.2) is 60.5 Å². The third-order valence-electron chi connectivity index (χ3n) is 6.22. The minimum Gasteiger partial charge on any atom is -0.369 e. The summed E-state index contributed by atoms with van der Waals surface area (Å²) in [5.74, 6) is 0.0773. The SMILES string of the molecule is NC(=O)CC(=O)NC1CCC(CCN2CCN(c3ncc(C(F)(F)F)cc3Cl)CC2)CC1. The lowest BCUT2D eigenvalue weighted by molar-refractivity contribution is -0.138. The molecule has 2 aliphatic rings. The van der Waals surface area contributed by atoms with Crippen molar-refractivity contribution in [1.29, 1.82) is 0 Å². The minimum atomic E-state index is -4.46. The first-order chi connectivity index (χ1) is 15.1. The van der Waals surface area contributed by atoms with Gasteiger partial charge in [0.25, 0.3) is 0 Å². The molecule has 0 bridgehead atoms. The fourth-order valence-electron chi connectivity index (χ4n) is 4.40. The van der Waals surface area contributed by atoms with Gasteiger partial charge in [-0.25, -0.2) is 4.98 Å². The molecular formula is C21H29ClF3N5O2. The Balaban J connectivity index is 1.37. The van der Waals surface area contributed by atoms with E-state index in [2.05, 4.69) is 15.2 Å². The van der Waals surface area contributed by atoms with Crippen LogP contribution in [0.5, 0.6) is 0 Å². The highest BCUT2D eigenvalue weighted by molar-refractivity contribution is 6.33. The van der Waals surface area contributed by atoms with Crippen LogP contribution in [-0.2, 0) is 15.8 Å². The molecule has 1 aromatic heterocycles. The Kier molecular flexibility index (Phi) is 8.21. The van der Waals surface area contributed by atoms with Gasteiger partial charge in [0, 0.05) is 38.4 Å². The fourth-order valence-corrected chi connectivity index (χ4v) is 4.69. The molecule has 2 heterocycles. The van der Waals surface area contributed by atoms with E-state index in [9.17, 15) is 22.8 Å². The summed E-state index contributed by atoms with van der Waals surface area (Å²) in [6.07, 6.45) is 1.06. The van der Waals surface area contributed by atoms with E-state index in [1.54, 1.807) is 0 Å². The number of piperazine rings is 1. The number of carbonyl (C=O) groups is 2. The van der Waals surface area contributed by atoms with Gasteiger partial charge in [-0.2, -0.15) is 13.2 Å². The van der Waals surface area contributed by atoms with Crippen LogP contribution in [0, 0.1) is 5.92 Å². The van der Waals surface area contributed by atoms with Crippen LogP contribution in [0.4, 0.5) is 19.0 Å². The Morgan fingerprint density at radius 3 is 2.38 bits per heavy atom. The zero-order chi connectivity index (χ0) is 23.3. The Labute approximate surface area is 190 Å². The van der Waals surface area contributed by atoms with Crippen molar-refractivity contribution in [3.63, 3.8) is 0 Å². The summed E-state index contributed by atoms with van der Waals surface area (Å²) in [4.78, 5) is 30.7. The van der Waals surface area contributed by atoms with E-state index in [-0.39, 0.29) is 23.4 Å². The molecule has 0 spiro atoms. The molecule has 2 fully saturated rings. The first kappa shape index (κ1) is 24.6. The molecule has 178 valence electrons. The maximum atomic E-state index is 12.8. The van der Waals surface area contributed by atoms with Gasteiger partial charge in [-0.1, -0.05) is 11.6 Å². The van der Waals surface area contributed by atoms with Crippen LogP contribution in [0.2, 0.25) is 5.02 Å². The van der Waals surface area contributed by atoms with Crippen molar-refractivity contribution in [2.75, 3.05) is 37.6 Å². The van der Waals surface area contributed by atoms with Gasteiger partial charge in [-0.15, -0.1) is 0 Å². The summed E-state index contributed by atoms with van der Waals surface area (Å²) in [5.41, 5.74) is 4.20. The van der Waals surface area contributed by atoms with Crippen molar-refractivity contribution in [1.82, 2.24) is 15.2 Å². The Morgan fingerprint density at radius 1 is 1.16 bits per heavy atom. The van der Waals surface area contributed by atoms with Gasteiger partial charge in [-0.3, -0.25) is 14.5 Å². The normalized spacial score (nSPS) is 22.6. The number of nitrogens with zero attached hydrogens (tertiary/aromatic N) is 3. The molecule has 0 radical (unpaired) electrons. The summed E-state index contributed by atoms with van der Waals surface area (Å²) >= 11 is 6.07. The van der Waals surface area contributed by atoms with E-state index in [0.717, 1.165) is 64.0 Å². The monoisotopic (exact) mass is 475 g/mol. The number of hydrogen-bond acceptors (Lipinski definition) is 5. The number of amides is 2. The third-order valence-corrected chi connectivity index (χ3v) is 6.50. The number of alkyl halides is 3. The lowest BCUT2D eigenvalue weighted by Gasteiger charge is -2.37. The average Bonchev–Trinajstić information content (AvgIpc) is 2.72. The number of nitrogens with two attached hydrogens (primary N) is 1. The molecule has 7 nitrogen and oxygen atoms in total. The fraction of sp³-hybridized carbons (Fsp3) is 0.667. The van der Waals surface area contributed by atoms with Crippen molar-refractivity contribution < 1.29 is 22.8 Å². The molecule has 3 rings (SSSR count). The largest absolute Gasteiger partial charge is 0.417 e. The van der Waals surface area contributed by atoms with E-state index in [0.29, 0.717) is 24.8 Å². The zero-order valence-corrected chi connectivity index (χ0v) is 18.6. The van der Waals surface area contributed by atoms with Crippen LogP contribution in [0.15, 0.2) is 12.3 Å². The van der Waals surface area contributed by atoms with Gasteiger partial charge >= 0.3 is 6.18 Å². The van der Waals surface area contributed by atoms with Crippen molar-refractivity contribution >= 4 is 29.2 Å². The second kappa shape index (κ2) is 10.7. The minimum absolute atomic E-state index is 0.0213. The van der Waals surface area contributed by atoms with Gasteiger partial charge in [0.1, 0.15) is 12.2 Å². The van der Waals surface area contributed by atoms with Gasteiger partial charge in [0.05, 0.1) is 10.6 Å². The van der Waals surface area contributed by atoms with Crippen molar-refractivity contribution in [3.05, 3.63) is 22.8 Å². The number of nitrogens with one attached hydrogen (secondary N) is 1. The summed E-state index contributed by atoms with van der Waals surface area (Å²) in [6.45, 7) is 3.90. The highest BCUT2D eigenvalue weighted by Gasteiger charge is 2.32. The molecule has 0 atom stereocenters. The second-order valence-corrected chi connectivity index (χ2v) is 8.98. The molecule has 1 aliphatic carbocycles. The van der Waals surface area contributed by atoms with Crippen LogP contribution in [0.3, 0.4) is 0 Å². The summed E-state index contributed by atoms with van der Waals surface area (Å²) in [5, 5.41) is 2.90. The molecule has 1 aromatic rings. The number of pyridine rings is 1. The van der Waals surface area contributed by atoms with E-state index in [4.69, 9.17) is 17.3 Å². The molecule has 32 heavy (non-hydrogen) atoms. The lowest BCUT2D eigenvalue weighted by Crippen LogP contribution is -2.47. The molecule has 0 unspecified atom stereocenters. The molecule has 1 aliphatic heterocycles. The van der Waals surface area contributed by atoms with Gasteiger partial charge in [0.15, 0.2) is 0 Å². The molecular weight excluding hydrogens is 447 g/mol. The summed E-state index contributed by atoms with van der Waals surface area (Å²) in [7, 11) is 0. The van der Waals surface area contributed by atoms with Crippen LogP contribution in [0.1, 0.15) is 44.1 Å². The van der Waals surface area contributed by atoms with Crippen LogP contribution < -0.4 is 16.0 Å². The lowest BCUT2D eigenvalue weighted by atomic mass is 9.84. The summed E-state index contributed by atoms with van der Waals surface area (Å²) < 4.78 is 38.4. The molecule has 1 saturated heterocycles. The highest BCUT2D eigenvalue weighted by atomic mass is 35.5. The predicted octanol–water partition coefficient (Wildman–Crippen LogP) is 2.82. The van der Waals surface area contributed by atoms with Gasteiger partial charge in [-0.05, 0) is 50.6 Å². The third kappa shape index (κ3) is 6.96. The number of halogens is 4. The molecule has 11 heteroatoms. The predicted molar refractivity (Wildman–Crippen MR) is 115 cm³/mol. The number of carbonyl (C=O) groups excluding carboxylic acids is 2. The maximum Gasteiger partial charge on any atom is 0.417 e. The number of primary amides is 1. The van der Waals surface area contributed by atoms with Crippen LogP contribution >= 0.6 is 11.6 Å². The first-order valence-electron chi connectivity index (χ1n) is 10.9. The van der Waals surface area contributed by atoms with E-state index < -0.39 is 17.6 Å². The maximum absolute atomic E-state index is 12.8. The van der Waals surface area contributed by atoms with Crippen molar-refractivity contribution in [3.8, 4) is 0 Å². The molecule has 2 amide bonds. The van der Waals surface area contributed by atoms with Gasteiger partial charge in [0.2, 0.25) is 11.8 Å². The van der Waals surface area contributed by atoms with Crippen molar-refractivity contribution in [2.24, 2.45) is 11.7 Å². The van der Waals surface area contributed by atoms with Crippen molar-refractivity contribution in [2.45, 2.75) is 50.7 Å². The van der Waals surface area contributed by atoms with E-state index >= 15 is 0 Å². The Hall–Kier alpha value is -2.07. The molecule has 3 N–H and O–H groups in total. The molecule has 1 saturated carbocycles. The van der Waals surface area contributed by atoms with Crippen LogP contribution in [0.25, 0.3) is 0 Å². The number of hydrogen-bond donors (Lipinski definition) is 2. The van der Waals surface area contributed by atoms with E-state index in [1.807, 2.05) is 4.90 Å². The van der Waals surface area contributed by atoms with Gasteiger partial charge < -0.3 is 16.0 Å². The standard InChI is InChI=1S/C21H29ClF3N5O2/c22-17-11-15(21(23,24)25)13-27-20(17)30-9-7-29(8-10-30)6-5-14-1-3-16(4-2-14)28-19(32)12-18(26)31/h11,13-14,16H,1-10,12H2,(H2,26,31)(H,28,32). The quantitative estimate of drug-likeness (QED) is 0.592. The smallest absolute Gasteiger partial charge is 0.369 e. The Bertz CT molecular complexity index is 807. The summed E-state index contributed by atoms with van der Waals surface area (Å²) in [6, 6.07) is 1.05. The number of rotatable bonds is 7. The van der Waals surface area contributed by atoms with E-state index in [1.165, 1.54) is 0 Å². The Morgan fingerprint density at radius 2 is 1.81 bits per heavy atom. The average molecular weight is 476 g/mol.